The van der Waals surface area contributed by atoms with Crippen molar-refractivity contribution in [3.05, 3.63) is 95.1 Å². The van der Waals surface area contributed by atoms with Crippen molar-refractivity contribution in [1.29, 1.82) is 0 Å². The lowest BCUT2D eigenvalue weighted by molar-refractivity contribution is -0.136. The number of ether oxygens (including phenoxy) is 2. The lowest BCUT2D eigenvalue weighted by Gasteiger charge is -2.14. The van der Waals surface area contributed by atoms with E-state index in [9.17, 15) is 9.59 Å². The number of carboxylic acids is 1. The summed E-state index contributed by atoms with van der Waals surface area (Å²) in [4.78, 5) is 23.2. The number of nitrogens with one attached hydrogen (secondary N) is 1. The molecule has 3 aromatic carbocycles. The molecular formula is C28H27NO5. The summed E-state index contributed by atoms with van der Waals surface area (Å²) in [5.41, 5.74) is 6.29. The highest BCUT2D eigenvalue weighted by Gasteiger charge is 2.28. The molecule has 0 saturated carbocycles. The van der Waals surface area contributed by atoms with Gasteiger partial charge in [0.05, 0.1) is 13.5 Å². The van der Waals surface area contributed by atoms with Gasteiger partial charge in [-0.15, -0.1) is 0 Å². The predicted octanol–water partition coefficient (Wildman–Crippen LogP) is 5.26. The maximum Gasteiger partial charge on any atom is 0.407 e. The van der Waals surface area contributed by atoms with E-state index in [1.165, 1.54) is 29.4 Å². The lowest BCUT2D eigenvalue weighted by Crippen LogP contribution is -2.26. The van der Waals surface area contributed by atoms with Crippen molar-refractivity contribution in [3.63, 3.8) is 0 Å². The fourth-order valence-corrected chi connectivity index (χ4v) is 4.30. The largest absolute Gasteiger partial charge is 0.496 e. The van der Waals surface area contributed by atoms with Gasteiger partial charge < -0.3 is 19.9 Å². The molecule has 0 unspecified atom stereocenters. The first-order valence-corrected chi connectivity index (χ1v) is 11.2. The Morgan fingerprint density at radius 2 is 1.68 bits per heavy atom. The fourth-order valence-electron chi connectivity index (χ4n) is 4.30. The molecule has 0 bridgehead atoms. The van der Waals surface area contributed by atoms with Gasteiger partial charge in [0, 0.05) is 18.0 Å². The number of carbonyl (C=O) groups excluding carboxylic acids is 1. The number of aliphatic carboxylic acids is 1. The fraction of sp³-hybridized carbons (Fsp3) is 0.214. The first-order valence-electron chi connectivity index (χ1n) is 11.2. The Morgan fingerprint density at radius 1 is 1.00 bits per heavy atom. The quantitative estimate of drug-likeness (QED) is 0.428. The topological polar surface area (TPSA) is 84.9 Å². The van der Waals surface area contributed by atoms with Crippen molar-refractivity contribution in [1.82, 2.24) is 5.32 Å². The Morgan fingerprint density at radius 3 is 2.32 bits per heavy atom. The summed E-state index contributed by atoms with van der Waals surface area (Å²) in [7, 11) is 1.52. The van der Waals surface area contributed by atoms with Crippen LogP contribution in [0.4, 0.5) is 4.79 Å². The molecule has 0 heterocycles. The number of rotatable bonds is 9. The average Bonchev–Trinajstić information content (AvgIpc) is 3.16. The zero-order valence-electron chi connectivity index (χ0n) is 19.0. The Hall–Kier alpha value is -4.06. The highest BCUT2D eigenvalue weighted by atomic mass is 16.5. The van der Waals surface area contributed by atoms with Crippen LogP contribution in [0.2, 0.25) is 0 Å². The van der Waals surface area contributed by atoms with Gasteiger partial charge in [-0.3, -0.25) is 4.79 Å². The Labute approximate surface area is 198 Å². The van der Waals surface area contributed by atoms with E-state index in [-0.39, 0.29) is 18.9 Å². The van der Waals surface area contributed by atoms with E-state index < -0.39 is 12.1 Å². The van der Waals surface area contributed by atoms with Gasteiger partial charge in [0.15, 0.2) is 0 Å². The summed E-state index contributed by atoms with van der Waals surface area (Å²) in [5.74, 6) is -0.320. The van der Waals surface area contributed by atoms with Crippen LogP contribution in [0, 0.1) is 0 Å². The van der Waals surface area contributed by atoms with Gasteiger partial charge in [0.2, 0.25) is 0 Å². The van der Waals surface area contributed by atoms with Gasteiger partial charge in [0.1, 0.15) is 12.4 Å². The second kappa shape index (κ2) is 10.7. The number of amides is 1. The molecule has 0 fully saturated rings. The molecule has 0 saturated heterocycles. The van der Waals surface area contributed by atoms with Gasteiger partial charge in [-0.05, 0) is 40.3 Å². The summed E-state index contributed by atoms with van der Waals surface area (Å²) in [6.45, 7) is 0.736. The van der Waals surface area contributed by atoms with Crippen molar-refractivity contribution in [2.45, 2.75) is 18.8 Å². The smallest absolute Gasteiger partial charge is 0.407 e. The first kappa shape index (κ1) is 23.1. The van der Waals surface area contributed by atoms with Crippen LogP contribution in [0.1, 0.15) is 34.6 Å². The minimum Gasteiger partial charge on any atom is -0.496 e. The third-order valence-electron chi connectivity index (χ3n) is 5.89. The molecule has 4 rings (SSSR count). The van der Waals surface area contributed by atoms with Gasteiger partial charge in [-0.1, -0.05) is 72.8 Å². The molecule has 6 nitrogen and oxygen atoms in total. The maximum atomic E-state index is 12.2. The Bertz CT molecular complexity index is 1170. The van der Waals surface area contributed by atoms with Crippen LogP contribution in [0.25, 0.3) is 17.2 Å². The van der Waals surface area contributed by atoms with E-state index in [4.69, 9.17) is 14.6 Å². The lowest BCUT2D eigenvalue weighted by atomic mass is 9.98. The number of hydrogen-bond acceptors (Lipinski definition) is 4. The normalized spacial score (nSPS) is 12.3. The molecule has 0 spiro atoms. The monoisotopic (exact) mass is 457 g/mol. The zero-order valence-corrected chi connectivity index (χ0v) is 19.0. The highest BCUT2D eigenvalue weighted by Crippen LogP contribution is 2.44. The van der Waals surface area contributed by atoms with E-state index >= 15 is 0 Å². The highest BCUT2D eigenvalue weighted by molar-refractivity contribution is 5.79. The van der Waals surface area contributed by atoms with Gasteiger partial charge in [-0.25, -0.2) is 4.79 Å². The van der Waals surface area contributed by atoms with Crippen molar-refractivity contribution in [2.24, 2.45) is 0 Å². The molecule has 1 amide bonds. The summed E-state index contributed by atoms with van der Waals surface area (Å²) >= 11 is 0. The predicted molar refractivity (Wildman–Crippen MR) is 131 cm³/mol. The molecule has 6 heteroatoms. The zero-order chi connectivity index (χ0) is 23.9. The molecule has 0 atom stereocenters. The number of hydrogen-bond donors (Lipinski definition) is 2. The van der Waals surface area contributed by atoms with Crippen LogP contribution < -0.4 is 10.1 Å². The number of benzene rings is 3. The molecule has 34 heavy (non-hydrogen) atoms. The third kappa shape index (κ3) is 5.29. The second-order valence-electron chi connectivity index (χ2n) is 8.09. The van der Waals surface area contributed by atoms with Gasteiger partial charge in [0.25, 0.3) is 0 Å². The molecule has 174 valence electrons. The van der Waals surface area contributed by atoms with Crippen LogP contribution in [0.5, 0.6) is 5.75 Å². The van der Waals surface area contributed by atoms with Gasteiger partial charge in [-0.2, -0.15) is 0 Å². The van der Waals surface area contributed by atoms with Crippen molar-refractivity contribution < 1.29 is 24.2 Å². The molecule has 1 aliphatic rings. The third-order valence-corrected chi connectivity index (χ3v) is 5.89. The Kier molecular flexibility index (Phi) is 7.28. The minimum absolute atomic E-state index is 0.0390. The molecule has 0 radical (unpaired) electrons. The summed E-state index contributed by atoms with van der Waals surface area (Å²) in [6, 6.07) is 21.9. The van der Waals surface area contributed by atoms with Crippen LogP contribution in [-0.4, -0.2) is 37.4 Å². The number of carbonyl (C=O) groups is 2. The molecule has 3 aromatic rings. The standard InChI is InChI=1S/C28H27NO5/c1-33-26-16-19(13-14-20(26)17-27(30)31)8-6-7-15-29-28(32)34-18-25-23-11-4-2-9-21(23)22-10-3-5-12-24(22)25/h2-6,8-14,16,25H,7,15,17-18H2,1H3,(H,29,32)(H,30,31). The molecular weight excluding hydrogens is 430 g/mol. The number of fused-ring (bicyclic) bond motifs is 3. The summed E-state index contributed by atoms with van der Waals surface area (Å²) < 4.78 is 10.8. The maximum absolute atomic E-state index is 12.2. The molecule has 0 aromatic heterocycles. The van der Waals surface area contributed by atoms with E-state index in [0.717, 1.165) is 5.56 Å². The van der Waals surface area contributed by atoms with E-state index in [1.807, 2.05) is 42.5 Å². The first-order chi connectivity index (χ1) is 16.6. The Balaban J connectivity index is 1.26. The summed E-state index contributed by atoms with van der Waals surface area (Å²) in [5, 5.41) is 11.8. The SMILES string of the molecule is COc1cc(C=CCCNC(=O)OCC2c3ccccc3-c3ccccc32)ccc1CC(=O)O. The van der Waals surface area contributed by atoms with Crippen LogP contribution in [0.15, 0.2) is 72.8 Å². The summed E-state index contributed by atoms with van der Waals surface area (Å²) in [6.07, 6.45) is 3.96. The van der Waals surface area contributed by atoms with Gasteiger partial charge >= 0.3 is 12.1 Å². The van der Waals surface area contributed by atoms with E-state index in [1.54, 1.807) is 12.1 Å². The van der Waals surface area contributed by atoms with E-state index in [2.05, 4.69) is 29.6 Å². The molecule has 2 N–H and O–H groups in total. The van der Waals surface area contributed by atoms with Crippen molar-refractivity contribution in [3.8, 4) is 16.9 Å². The van der Waals surface area contributed by atoms with Crippen LogP contribution in [0.3, 0.4) is 0 Å². The van der Waals surface area contributed by atoms with Crippen LogP contribution >= 0.6 is 0 Å². The van der Waals surface area contributed by atoms with Crippen molar-refractivity contribution in [2.75, 3.05) is 20.3 Å². The minimum atomic E-state index is -0.902. The number of carboxylic acid groups (broad SMARTS) is 1. The second-order valence-corrected chi connectivity index (χ2v) is 8.09. The number of alkyl carbamates (subject to hydrolysis) is 1. The molecule has 1 aliphatic carbocycles. The van der Waals surface area contributed by atoms with E-state index in [0.29, 0.717) is 24.3 Å². The number of methoxy groups -OCH3 is 1. The molecule has 0 aliphatic heterocycles. The van der Waals surface area contributed by atoms with Crippen LogP contribution in [-0.2, 0) is 16.0 Å². The average molecular weight is 458 g/mol. The van der Waals surface area contributed by atoms with Crippen molar-refractivity contribution >= 4 is 18.1 Å².